The molecule has 0 fully saturated rings. The third kappa shape index (κ3) is 4.73. The summed E-state index contributed by atoms with van der Waals surface area (Å²) in [7, 11) is 0. The van der Waals surface area contributed by atoms with E-state index in [0.29, 0.717) is 5.56 Å². The molecule has 1 heterocycles. The predicted octanol–water partition coefficient (Wildman–Crippen LogP) is 1.71. The Bertz CT molecular complexity index is 1100. The summed E-state index contributed by atoms with van der Waals surface area (Å²) in [5.74, 6) is -1.08. The summed E-state index contributed by atoms with van der Waals surface area (Å²) in [6, 6.07) is 16.2. The van der Waals surface area contributed by atoms with E-state index in [1.54, 1.807) is 19.1 Å². The molecule has 2 aromatic carbocycles. The maximum absolute atomic E-state index is 12.7. The number of esters is 1. The number of aromatic amines is 1. The van der Waals surface area contributed by atoms with E-state index in [-0.39, 0.29) is 24.6 Å². The van der Waals surface area contributed by atoms with Crippen molar-refractivity contribution in [1.29, 1.82) is 0 Å². The van der Waals surface area contributed by atoms with Gasteiger partial charge in [0.15, 0.2) is 6.54 Å². The summed E-state index contributed by atoms with van der Waals surface area (Å²) in [5, 5.41) is 6.75. The third-order valence-electron chi connectivity index (χ3n) is 4.15. The molecule has 0 saturated heterocycles. The van der Waals surface area contributed by atoms with Crippen LogP contribution in [0.1, 0.15) is 38.9 Å². The Hall–Kier alpha value is -3.81. The number of hydrogen-bond donors (Lipinski definition) is 1. The average Bonchev–Trinajstić information content (AvgIpc) is 3.02. The first-order valence-corrected chi connectivity index (χ1v) is 9.11. The summed E-state index contributed by atoms with van der Waals surface area (Å²) >= 11 is 0. The quantitative estimate of drug-likeness (QED) is 0.286. The third-order valence-corrected chi connectivity index (χ3v) is 4.15. The molecule has 29 heavy (non-hydrogen) atoms. The predicted molar refractivity (Wildman–Crippen MR) is 106 cm³/mol. The summed E-state index contributed by atoms with van der Waals surface area (Å²) in [6.07, 6.45) is 1.47. The van der Waals surface area contributed by atoms with Crippen LogP contribution in [-0.2, 0) is 11.3 Å². The maximum atomic E-state index is 12.7. The molecular formula is C21H21N4O4+. The van der Waals surface area contributed by atoms with Crippen molar-refractivity contribution in [3.8, 4) is 0 Å². The number of carbonyl (C=O) groups excluding carboxylic acids is 2. The second-order valence-electron chi connectivity index (χ2n) is 6.32. The lowest BCUT2D eigenvalue weighted by Crippen LogP contribution is -2.46. The molecule has 0 radical (unpaired) electrons. The van der Waals surface area contributed by atoms with Crippen molar-refractivity contribution in [2.75, 3.05) is 6.61 Å². The van der Waals surface area contributed by atoms with Crippen LogP contribution >= 0.6 is 0 Å². The number of Topliss-reactive ketones (excluding diaryl/α,β-unsaturated/α-hetero) is 1. The number of ketones is 1. The number of nitrogens with zero attached hydrogens (tertiary/aromatic N) is 3. The monoisotopic (exact) mass is 393 g/mol. The first-order valence-electron chi connectivity index (χ1n) is 9.11. The standard InChI is InChI=1S/C21H20N4O4/c1-3-29-21(28)19-20(27)25(22-13-16-7-5-4-6-8-16)23-24(19)14-18(26)17-11-9-15(2)10-12-17/h4-13H,3,14H2,1-2H3/p+1. The molecule has 1 aromatic heterocycles. The summed E-state index contributed by atoms with van der Waals surface area (Å²) < 4.78 is 6.13. The van der Waals surface area contributed by atoms with E-state index in [2.05, 4.69) is 10.3 Å². The second-order valence-corrected chi connectivity index (χ2v) is 6.32. The van der Waals surface area contributed by atoms with Crippen LogP contribution in [0.25, 0.3) is 0 Å². The molecule has 8 heteroatoms. The Labute approximate surface area is 167 Å². The largest absolute Gasteiger partial charge is 0.459 e. The molecule has 148 valence electrons. The van der Waals surface area contributed by atoms with Gasteiger partial charge in [-0.3, -0.25) is 4.79 Å². The van der Waals surface area contributed by atoms with Crippen LogP contribution < -0.4 is 10.2 Å². The van der Waals surface area contributed by atoms with Gasteiger partial charge in [-0.1, -0.05) is 70.5 Å². The van der Waals surface area contributed by atoms with E-state index in [4.69, 9.17) is 4.74 Å². The maximum Gasteiger partial charge on any atom is 0.434 e. The van der Waals surface area contributed by atoms with E-state index in [1.807, 2.05) is 49.4 Å². The molecule has 3 rings (SSSR count). The minimum atomic E-state index is -0.820. The lowest BCUT2D eigenvalue weighted by Gasteiger charge is -2.01. The number of hydrogen-bond acceptors (Lipinski definition) is 5. The molecule has 0 aliphatic rings. The fourth-order valence-corrected chi connectivity index (χ4v) is 2.65. The fourth-order valence-electron chi connectivity index (χ4n) is 2.65. The van der Waals surface area contributed by atoms with Crippen LogP contribution in [0.2, 0.25) is 0 Å². The van der Waals surface area contributed by atoms with Crippen molar-refractivity contribution >= 4 is 18.0 Å². The molecule has 0 amide bonds. The van der Waals surface area contributed by atoms with Gasteiger partial charge in [0.1, 0.15) is 0 Å². The van der Waals surface area contributed by atoms with Crippen molar-refractivity contribution in [1.82, 2.24) is 10.0 Å². The number of H-pyrrole nitrogens is 1. The number of ether oxygens (including phenoxy) is 1. The molecular weight excluding hydrogens is 372 g/mol. The van der Waals surface area contributed by atoms with Gasteiger partial charge in [0.25, 0.3) is 0 Å². The molecule has 3 aromatic rings. The SMILES string of the molecule is CCOC(=O)c1c(=O)n(N=Cc2ccccc2)[nH][n+]1CC(=O)c1ccc(C)cc1. The Balaban J connectivity index is 1.95. The second kappa shape index (κ2) is 8.92. The lowest BCUT2D eigenvalue weighted by molar-refractivity contribution is -0.744. The topological polar surface area (TPSA) is 97.4 Å². The first kappa shape index (κ1) is 19.9. The molecule has 8 nitrogen and oxygen atoms in total. The van der Waals surface area contributed by atoms with E-state index in [0.717, 1.165) is 20.6 Å². The van der Waals surface area contributed by atoms with Crippen molar-refractivity contribution in [3.63, 3.8) is 0 Å². The fraction of sp³-hybridized carbons (Fsp3) is 0.190. The molecule has 0 atom stereocenters. The van der Waals surface area contributed by atoms with Crippen molar-refractivity contribution in [2.45, 2.75) is 20.4 Å². The zero-order valence-electron chi connectivity index (χ0n) is 16.2. The summed E-state index contributed by atoms with van der Waals surface area (Å²) in [6.45, 7) is 3.42. The molecule has 0 saturated carbocycles. The summed E-state index contributed by atoms with van der Waals surface area (Å²) in [4.78, 5) is 38.5. The van der Waals surface area contributed by atoms with Gasteiger partial charge in [-0.05, 0) is 19.4 Å². The van der Waals surface area contributed by atoms with Crippen molar-refractivity contribution in [3.05, 3.63) is 87.3 Å². The van der Waals surface area contributed by atoms with E-state index in [9.17, 15) is 14.4 Å². The molecule has 0 aliphatic carbocycles. The molecule has 0 spiro atoms. The van der Waals surface area contributed by atoms with Gasteiger partial charge in [-0.2, -0.15) is 0 Å². The number of rotatable bonds is 7. The smallest absolute Gasteiger partial charge is 0.434 e. The van der Waals surface area contributed by atoms with Crippen LogP contribution in [0.15, 0.2) is 64.5 Å². The highest BCUT2D eigenvalue weighted by atomic mass is 16.5. The minimum absolute atomic E-state index is 0.0998. The van der Waals surface area contributed by atoms with Crippen LogP contribution in [-0.4, -0.2) is 34.6 Å². The molecule has 0 aliphatic heterocycles. The van der Waals surface area contributed by atoms with Crippen LogP contribution in [0.5, 0.6) is 0 Å². The van der Waals surface area contributed by atoms with Gasteiger partial charge in [0.05, 0.1) is 12.8 Å². The molecule has 0 bridgehead atoms. The lowest BCUT2D eigenvalue weighted by atomic mass is 10.1. The Morgan fingerprint density at radius 1 is 1.14 bits per heavy atom. The Morgan fingerprint density at radius 3 is 2.48 bits per heavy atom. The average molecular weight is 393 g/mol. The van der Waals surface area contributed by atoms with E-state index >= 15 is 0 Å². The van der Waals surface area contributed by atoms with Gasteiger partial charge in [-0.15, -0.1) is 4.68 Å². The minimum Gasteiger partial charge on any atom is -0.459 e. The Kier molecular flexibility index (Phi) is 6.13. The highest BCUT2D eigenvalue weighted by Crippen LogP contribution is 2.04. The first-order chi connectivity index (χ1) is 14.0. The van der Waals surface area contributed by atoms with Crippen molar-refractivity contribution < 1.29 is 19.0 Å². The zero-order valence-corrected chi connectivity index (χ0v) is 16.2. The van der Waals surface area contributed by atoms with E-state index in [1.165, 1.54) is 6.21 Å². The van der Waals surface area contributed by atoms with Gasteiger partial charge >= 0.3 is 17.2 Å². The molecule has 1 N–H and O–H groups in total. The molecule has 0 unspecified atom stereocenters. The number of carbonyl (C=O) groups is 2. The van der Waals surface area contributed by atoms with Gasteiger partial charge in [-0.25, -0.2) is 9.59 Å². The van der Waals surface area contributed by atoms with Crippen LogP contribution in [0, 0.1) is 6.92 Å². The summed E-state index contributed by atoms with van der Waals surface area (Å²) in [5.41, 5.74) is 1.27. The van der Waals surface area contributed by atoms with Gasteiger partial charge in [0, 0.05) is 10.4 Å². The number of aryl methyl sites for hydroxylation is 1. The van der Waals surface area contributed by atoms with Crippen LogP contribution in [0.3, 0.4) is 0 Å². The van der Waals surface area contributed by atoms with Gasteiger partial charge < -0.3 is 4.74 Å². The van der Waals surface area contributed by atoms with Gasteiger partial charge in [0.2, 0.25) is 5.78 Å². The highest BCUT2D eigenvalue weighted by Gasteiger charge is 2.31. The number of benzene rings is 2. The van der Waals surface area contributed by atoms with Crippen LogP contribution in [0.4, 0.5) is 0 Å². The van der Waals surface area contributed by atoms with E-state index < -0.39 is 11.5 Å². The number of aromatic nitrogens is 3. The van der Waals surface area contributed by atoms with Crippen molar-refractivity contribution in [2.24, 2.45) is 5.10 Å². The highest BCUT2D eigenvalue weighted by molar-refractivity contribution is 5.95. The number of nitrogens with one attached hydrogen (secondary N) is 1. The Morgan fingerprint density at radius 2 is 1.83 bits per heavy atom. The zero-order chi connectivity index (χ0) is 20.8. The normalized spacial score (nSPS) is 11.0.